The van der Waals surface area contributed by atoms with Crippen LogP contribution in [0.15, 0.2) is 53.6 Å². The summed E-state index contributed by atoms with van der Waals surface area (Å²) in [5, 5.41) is 20.9. The second-order valence-corrected chi connectivity index (χ2v) is 6.37. The first kappa shape index (κ1) is 20.9. The molecule has 1 heterocycles. The van der Waals surface area contributed by atoms with E-state index in [9.17, 15) is 9.90 Å². The molecule has 0 saturated carbocycles. The number of benzene rings is 2. The highest BCUT2D eigenvalue weighted by Gasteiger charge is 2.11. The monoisotopic (exact) mass is 408 g/mol. The standard InChI is InChI=1S/C22H24N4O4/c1-3-12-30-17-10-8-15(9-11-17)18-13-19(25-24-18)22(28)26-23-14-16-6-5-7-20(21(16)27)29-4-2/h5-11,13-14,27H,3-4,12H2,1-2H3,(H,24,25)(H,26,28)/b23-14-. The molecular weight excluding hydrogens is 384 g/mol. The zero-order valence-corrected chi connectivity index (χ0v) is 16.9. The van der Waals surface area contributed by atoms with E-state index in [1.54, 1.807) is 24.3 Å². The molecule has 0 aliphatic heterocycles. The van der Waals surface area contributed by atoms with Crippen molar-refractivity contribution in [1.29, 1.82) is 0 Å². The fourth-order valence-electron chi connectivity index (χ4n) is 2.66. The van der Waals surface area contributed by atoms with Crippen molar-refractivity contribution in [3.63, 3.8) is 0 Å². The van der Waals surface area contributed by atoms with E-state index in [-0.39, 0.29) is 11.4 Å². The van der Waals surface area contributed by atoms with E-state index in [4.69, 9.17) is 9.47 Å². The molecule has 3 N–H and O–H groups in total. The van der Waals surface area contributed by atoms with Crippen molar-refractivity contribution in [1.82, 2.24) is 15.6 Å². The van der Waals surface area contributed by atoms with Crippen molar-refractivity contribution >= 4 is 12.1 Å². The number of para-hydroxylation sites is 1. The summed E-state index contributed by atoms with van der Waals surface area (Å²) >= 11 is 0. The Morgan fingerprint density at radius 3 is 2.73 bits per heavy atom. The molecule has 0 bridgehead atoms. The largest absolute Gasteiger partial charge is 0.504 e. The predicted molar refractivity (Wildman–Crippen MR) is 114 cm³/mol. The van der Waals surface area contributed by atoms with Gasteiger partial charge in [0.15, 0.2) is 11.5 Å². The van der Waals surface area contributed by atoms with Crippen LogP contribution in [0, 0.1) is 0 Å². The number of rotatable bonds is 9. The van der Waals surface area contributed by atoms with E-state index in [0.29, 0.717) is 30.2 Å². The summed E-state index contributed by atoms with van der Waals surface area (Å²) in [5.74, 6) is 0.665. The zero-order chi connectivity index (χ0) is 21.3. The minimum Gasteiger partial charge on any atom is -0.504 e. The molecular formula is C22H24N4O4. The maximum atomic E-state index is 12.3. The van der Waals surface area contributed by atoms with Crippen molar-refractivity contribution in [2.75, 3.05) is 13.2 Å². The summed E-state index contributed by atoms with van der Waals surface area (Å²) in [5.41, 5.74) is 4.59. The topological polar surface area (TPSA) is 109 Å². The van der Waals surface area contributed by atoms with Gasteiger partial charge < -0.3 is 14.6 Å². The van der Waals surface area contributed by atoms with Crippen molar-refractivity contribution in [3.8, 4) is 28.5 Å². The molecule has 156 valence electrons. The molecule has 3 rings (SSSR count). The minimum absolute atomic E-state index is 0.0347. The molecule has 0 saturated heterocycles. The van der Waals surface area contributed by atoms with Gasteiger partial charge in [-0.2, -0.15) is 10.2 Å². The second kappa shape index (κ2) is 10.1. The van der Waals surface area contributed by atoms with Gasteiger partial charge in [-0.25, -0.2) is 5.43 Å². The smallest absolute Gasteiger partial charge is 0.289 e. The number of amides is 1. The van der Waals surface area contributed by atoms with E-state index in [0.717, 1.165) is 17.7 Å². The zero-order valence-electron chi connectivity index (χ0n) is 16.9. The molecule has 0 unspecified atom stereocenters. The Kier molecular flexibility index (Phi) is 7.05. The van der Waals surface area contributed by atoms with Crippen molar-refractivity contribution in [2.45, 2.75) is 20.3 Å². The normalized spacial score (nSPS) is 10.9. The fourth-order valence-corrected chi connectivity index (χ4v) is 2.66. The van der Waals surface area contributed by atoms with Crippen molar-refractivity contribution < 1.29 is 19.4 Å². The van der Waals surface area contributed by atoms with Gasteiger partial charge >= 0.3 is 0 Å². The van der Waals surface area contributed by atoms with Crippen LogP contribution in [-0.4, -0.2) is 40.6 Å². The van der Waals surface area contributed by atoms with Crippen molar-refractivity contribution in [2.24, 2.45) is 5.10 Å². The second-order valence-electron chi connectivity index (χ2n) is 6.37. The molecule has 1 amide bonds. The summed E-state index contributed by atoms with van der Waals surface area (Å²) in [6, 6.07) is 14.2. The van der Waals surface area contributed by atoms with Crippen LogP contribution in [0.2, 0.25) is 0 Å². The SMILES string of the molecule is CCCOc1ccc(-c2cc(C(=O)N/N=C\c3cccc(OCC)c3O)[nH]n2)cc1. The molecule has 0 atom stereocenters. The number of hydrazone groups is 1. The fraction of sp³-hybridized carbons (Fsp3) is 0.227. The van der Waals surface area contributed by atoms with Crippen LogP contribution in [0.5, 0.6) is 17.2 Å². The average molecular weight is 408 g/mol. The summed E-state index contributed by atoms with van der Waals surface area (Å²) in [6.07, 6.45) is 2.29. The molecule has 30 heavy (non-hydrogen) atoms. The Labute approximate surface area is 174 Å². The lowest BCUT2D eigenvalue weighted by atomic mass is 10.1. The van der Waals surface area contributed by atoms with E-state index < -0.39 is 5.91 Å². The van der Waals surface area contributed by atoms with Gasteiger partial charge in [0.1, 0.15) is 11.4 Å². The number of hydrogen-bond acceptors (Lipinski definition) is 6. The molecule has 0 radical (unpaired) electrons. The lowest BCUT2D eigenvalue weighted by molar-refractivity contribution is 0.0950. The van der Waals surface area contributed by atoms with Gasteiger partial charge in [-0.05, 0) is 55.8 Å². The van der Waals surface area contributed by atoms with Crippen LogP contribution in [0.25, 0.3) is 11.3 Å². The summed E-state index contributed by atoms with van der Waals surface area (Å²) < 4.78 is 10.9. The summed E-state index contributed by atoms with van der Waals surface area (Å²) in [4.78, 5) is 12.3. The highest BCUT2D eigenvalue weighted by molar-refractivity contribution is 5.94. The highest BCUT2D eigenvalue weighted by Crippen LogP contribution is 2.28. The van der Waals surface area contributed by atoms with E-state index >= 15 is 0 Å². The predicted octanol–water partition coefficient (Wildman–Crippen LogP) is 3.73. The number of aromatic amines is 1. The van der Waals surface area contributed by atoms with Gasteiger partial charge in [-0.1, -0.05) is 13.0 Å². The van der Waals surface area contributed by atoms with Crippen LogP contribution < -0.4 is 14.9 Å². The van der Waals surface area contributed by atoms with Gasteiger partial charge in [-0.3, -0.25) is 9.89 Å². The number of aromatic nitrogens is 2. The third kappa shape index (κ3) is 5.16. The lowest BCUT2D eigenvalue weighted by Crippen LogP contribution is -2.18. The number of carbonyl (C=O) groups is 1. The van der Waals surface area contributed by atoms with Crippen LogP contribution in [-0.2, 0) is 0 Å². The number of hydrogen-bond donors (Lipinski definition) is 3. The van der Waals surface area contributed by atoms with Crippen LogP contribution in [0.1, 0.15) is 36.3 Å². The molecule has 0 fully saturated rings. The lowest BCUT2D eigenvalue weighted by Gasteiger charge is -2.07. The third-order valence-electron chi connectivity index (χ3n) is 4.15. The van der Waals surface area contributed by atoms with Gasteiger partial charge in [0.2, 0.25) is 0 Å². The molecule has 0 spiro atoms. The Morgan fingerprint density at radius 2 is 2.00 bits per heavy atom. The molecule has 8 heteroatoms. The van der Waals surface area contributed by atoms with Gasteiger partial charge in [0.25, 0.3) is 5.91 Å². The van der Waals surface area contributed by atoms with Gasteiger partial charge in [-0.15, -0.1) is 0 Å². The number of nitrogens with zero attached hydrogens (tertiary/aromatic N) is 2. The first-order valence-electron chi connectivity index (χ1n) is 9.69. The van der Waals surface area contributed by atoms with Crippen molar-refractivity contribution in [3.05, 3.63) is 59.8 Å². The molecule has 3 aromatic rings. The van der Waals surface area contributed by atoms with Crippen LogP contribution in [0.4, 0.5) is 0 Å². The quantitative estimate of drug-likeness (QED) is 0.369. The molecule has 0 aliphatic carbocycles. The van der Waals surface area contributed by atoms with E-state index in [2.05, 4.69) is 27.6 Å². The van der Waals surface area contributed by atoms with Crippen LogP contribution >= 0.6 is 0 Å². The van der Waals surface area contributed by atoms with Gasteiger partial charge in [0.05, 0.1) is 25.1 Å². The van der Waals surface area contributed by atoms with Crippen LogP contribution in [0.3, 0.4) is 0 Å². The number of phenolic OH excluding ortho intramolecular Hbond substituents is 1. The Morgan fingerprint density at radius 1 is 1.20 bits per heavy atom. The van der Waals surface area contributed by atoms with E-state index in [1.807, 2.05) is 31.2 Å². The first-order valence-corrected chi connectivity index (χ1v) is 9.69. The Balaban J connectivity index is 1.63. The summed E-state index contributed by atoms with van der Waals surface area (Å²) in [7, 11) is 0. The molecule has 2 aromatic carbocycles. The third-order valence-corrected chi connectivity index (χ3v) is 4.15. The van der Waals surface area contributed by atoms with Gasteiger partial charge in [0, 0.05) is 11.1 Å². The molecule has 8 nitrogen and oxygen atoms in total. The number of carbonyl (C=O) groups excluding carboxylic acids is 1. The number of H-pyrrole nitrogens is 1. The average Bonchev–Trinajstić information content (AvgIpc) is 3.26. The Bertz CT molecular complexity index is 1010. The maximum absolute atomic E-state index is 12.3. The number of phenols is 1. The number of ether oxygens (including phenoxy) is 2. The van der Waals surface area contributed by atoms with E-state index in [1.165, 1.54) is 6.21 Å². The molecule has 1 aromatic heterocycles. The molecule has 0 aliphatic rings. The Hall–Kier alpha value is -3.81. The number of aromatic hydroxyl groups is 1. The first-order chi connectivity index (χ1) is 14.6. The minimum atomic E-state index is -0.451. The summed E-state index contributed by atoms with van der Waals surface area (Å²) in [6.45, 7) is 4.98. The maximum Gasteiger partial charge on any atom is 0.289 e. The number of nitrogens with one attached hydrogen (secondary N) is 2. The highest BCUT2D eigenvalue weighted by atomic mass is 16.5.